The average molecular weight is 396 g/mol. The number of nitrogens with zero attached hydrogens (tertiary/aromatic N) is 1. The van der Waals surface area contributed by atoms with E-state index in [-0.39, 0.29) is 17.7 Å². The molecule has 2 N–H and O–H groups in total. The molecular formula is C21H18ClN3O3. The van der Waals surface area contributed by atoms with Crippen LogP contribution in [0.25, 0.3) is 11.0 Å². The first-order chi connectivity index (χ1) is 13.4. The number of benzene rings is 2. The first-order valence-corrected chi connectivity index (χ1v) is 9.25. The largest absolute Gasteiger partial charge is 0.356 e. The Balaban J connectivity index is 1.62. The van der Waals surface area contributed by atoms with Gasteiger partial charge >= 0.3 is 0 Å². The molecule has 1 fully saturated rings. The summed E-state index contributed by atoms with van der Waals surface area (Å²) in [4.78, 5) is 24.1. The minimum absolute atomic E-state index is 0.0428. The number of hydrogen-bond acceptors (Lipinski definition) is 4. The number of anilines is 1. The Hall–Kier alpha value is -3.12. The number of rotatable bonds is 3. The molecule has 0 spiro atoms. The maximum absolute atomic E-state index is 12.6. The predicted octanol–water partition coefficient (Wildman–Crippen LogP) is 4.55. The van der Waals surface area contributed by atoms with Crippen LogP contribution in [-0.4, -0.2) is 17.0 Å². The van der Waals surface area contributed by atoms with Gasteiger partial charge in [0.2, 0.25) is 5.91 Å². The number of amides is 2. The van der Waals surface area contributed by atoms with Gasteiger partial charge in [0, 0.05) is 39.7 Å². The lowest BCUT2D eigenvalue weighted by molar-refractivity contribution is -0.121. The summed E-state index contributed by atoms with van der Waals surface area (Å²) >= 11 is 6.12. The molecule has 0 saturated carbocycles. The molecule has 0 bridgehead atoms. The fourth-order valence-corrected chi connectivity index (χ4v) is 3.48. The van der Waals surface area contributed by atoms with E-state index in [1.807, 2.05) is 19.1 Å². The summed E-state index contributed by atoms with van der Waals surface area (Å²) in [5.74, 6) is -0.423. The molecule has 1 aliphatic rings. The van der Waals surface area contributed by atoms with Crippen molar-refractivity contribution in [3.8, 4) is 0 Å². The molecule has 142 valence electrons. The lowest BCUT2D eigenvalue weighted by Gasteiger charge is -2.23. The lowest BCUT2D eigenvalue weighted by atomic mass is 9.91. The molecule has 0 radical (unpaired) electrons. The Bertz CT molecular complexity index is 1120. The molecule has 6 nitrogen and oxygen atoms in total. The summed E-state index contributed by atoms with van der Waals surface area (Å²) in [5.41, 5.74) is 3.92. The number of nitrogens with one attached hydrogen (secondary N) is 2. The maximum Gasteiger partial charge on any atom is 0.255 e. The number of carbonyl (C=O) groups excluding carboxylic acids is 2. The minimum atomic E-state index is -0.256. The van der Waals surface area contributed by atoms with Gasteiger partial charge in [-0.05, 0) is 49.2 Å². The first-order valence-electron chi connectivity index (χ1n) is 8.88. The molecule has 1 aromatic heterocycles. The smallest absolute Gasteiger partial charge is 0.255 e. The van der Waals surface area contributed by atoms with Crippen molar-refractivity contribution < 1.29 is 14.1 Å². The van der Waals surface area contributed by atoms with Crippen LogP contribution >= 0.6 is 11.6 Å². The van der Waals surface area contributed by atoms with Gasteiger partial charge in [-0.25, -0.2) is 0 Å². The Kier molecular flexibility index (Phi) is 4.65. The number of aryl methyl sites for hydroxylation is 1. The summed E-state index contributed by atoms with van der Waals surface area (Å²) in [6.45, 7) is 5.82. The highest BCUT2D eigenvalue weighted by atomic mass is 35.5. The van der Waals surface area contributed by atoms with Crippen molar-refractivity contribution in [1.29, 1.82) is 0 Å². The summed E-state index contributed by atoms with van der Waals surface area (Å²) in [6, 6.07) is 10.5. The number of piperidine rings is 1. The van der Waals surface area contributed by atoms with E-state index < -0.39 is 0 Å². The average Bonchev–Trinajstić information content (AvgIpc) is 3.07. The van der Waals surface area contributed by atoms with Gasteiger partial charge in [0.05, 0.1) is 0 Å². The highest BCUT2D eigenvalue weighted by Gasteiger charge is 2.27. The zero-order chi connectivity index (χ0) is 19.8. The van der Waals surface area contributed by atoms with Crippen LogP contribution in [0.1, 0.15) is 40.4 Å². The number of fused-ring (bicyclic) bond motifs is 1. The molecule has 28 heavy (non-hydrogen) atoms. The van der Waals surface area contributed by atoms with Gasteiger partial charge in [0.15, 0.2) is 5.58 Å². The third-order valence-corrected chi connectivity index (χ3v) is 5.31. The number of hydrogen-bond donors (Lipinski definition) is 2. The molecule has 7 heteroatoms. The SMILES string of the molecule is C=C1NC(=O)CCC1c1noc2ccc(NC(=O)c3ccc(C)c(Cl)c3)cc12. The van der Waals surface area contributed by atoms with E-state index in [1.54, 1.807) is 24.3 Å². The molecule has 0 aliphatic carbocycles. The Morgan fingerprint density at radius 2 is 2.14 bits per heavy atom. The van der Waals surface area contributed by atoms with E-state index in [1.165, 1.54) is 0 Å². The van der Waals surface area contributed by atoms with Gasteiger partial charge in [-0.1, -0.05) is 29.4 Å². The molecule has 1 unspecified atom stereocenters. The highest BCUT2D eigenvalue weighted by molar-refractivity contribution is 6.31. The number of carbonyl (C=O) groups is 2. The second-order valence-electron chi connectivity index (χ2n) is 6.86. The quantitative estimate of drug-likeness (QED) is 0.681. The van der Waals surface area contributed by atoms with E-state index in [0.29, 0.717) is 46.1 Å². The van der Waals surface area contributed by atoms with E-state index in [4.69, 9.17) is 16.1 Å². The molecule has 2 heterocycles. The molecule has 1 aliphatic heterocycles. The fourth-order valence-electron chi connectivity index (χ4n) is 3.30. The highest BCUT2D eigenvalue weighted by Crippen LogP contribution is 2.35. The van der Waals surface area contributed by atoms with Gasteiger partial charge in [-0.15, -0.1) is 0 Å². The molecule has 4 rings (SSSR count). The van der Waals surface area contributed by atoms with Crippen LogP contribution in [0.5, 0.6) is 0 Å². The Morgan fingerprint density at radius 1 is 1.32 bits per heavy atom. The zero-order valence-electron chi connectivity index (χ0n) is 15.2. The van der Waals surface area contributed by atoms with Crippen LogP contribution in [-0.2, 0) is 4.79 Å². The van der Waals surface area contributed by atoms with Gasteiger partial charge in [-0.2, -0.15) is 0 Å². The molecule has 1 saturated heterocycles. The Morgan fingerprint density at radius 3 is 2.89 bits per heavy atom. The third-order valence-electron chi connectivity index (χ3n) is 4.90. The molecular weight excluding hydrogens is 378 g/mol. The van der Waals surface area contributed by atoms with Gasteiger partial charge < -0.3 is 15.2 Å². The number of aromatic nitrogens is 1. The summed E-state index contributed by atoms with van der Waals surface area (Å²) in [6.07, 6.45) is 1.02. The molecule has 1 atom stereocenters. The van der Waals surface area contributed by atoms with Crippen LogP contribution in [0.4, 0.5) is 5.69 Å². The van der Waals surface area contributed by atoms with Crippen LogP contribution in [0, 0.1) is 6.92 Å². The minimum Gasteiger partial charge on any atom is -0.356 e. The standard InChI is InChI=1S/C21H18ClN3O3/c1-11-3-4-13(9-17(11)22)21(27)24-14-5-7-18-16(10-14)20(25-28-18)15-6-8-19(26)23-12(15)2/h3-5,7,9-10,15H,2,6,8H2,1H3,(H,23,26)(H,24,27). The van der Waals surface area contributed by atoms with E-state index in [9.17, 15) is 9.59 Å². The first kappa shape index (κ1) is 18.3. The van der Waals surface area contributed by atoms with Crippen LogP contribution < -0.4 is 10.6 Å². The normalized spacial score (nSPS) is 16.9. The second-order valence-corrected chi connectivity index (χ2v) is 7.27. The van der Waals surface area contributed by atoms with Crippen molar-refractivity contribution in [3.05, 3.63) is 70.5 Å². The van der Waals surface area contributed by atoms with Crippen molar-refractivity contribution in [2.24, 2.45) is 0 Å². The summed E-state index contributed by atoms with van der Waals surface area (Å²) in [5, 5.41) is 11.1. The van der Waals surface area contributed by atoms with Crippen molar-refractivity contribution in [2.45, 2.75) is 25.7 Å². The van der Waals surface area contributed by atoms with Crippen LogP contribution in [0.15, 0.2) is 53.2 Å². The van der Waals surface area contributed by atoms with Gasteiger partial charge in [0.1, 0.15) is 5.69 Å². The van der Waals surface area contributed by atoms with Crippen LogP contribution in [0.2, 0.25) is 5.02 Å². The van der Waals surface area contributed by atoms with E-state index in [2.05, 4.69) is 22.4 Å². The van der Waals surface area contributed by atoms with E-state index >= 15 is 0 Å². The second kappa shape index (κ2) is 7.13. The monoisotopic (exact) mass is 395 g/mol. The maximum atomic E-state index is 12.6. The molecule has 2 amide bonds. The molecule has 2 aromatic carbocycles. The van der Waals surface area contributed by atoms with E-state index in [0.717, 1.165) is 10.9 Å². The fraction of sp³-hybridized carbons (Fsp3) is 0.190. The van der Waals surface area contributed by atoms with Gasteiger partial charge in [-0.3, -0.25) is 9.59 Å². The third kappa shape index (κ3) is 3.39. The number of allylic oxidation sites excluding steroid dienone is 1. The Labute approximate surface area is 166 Å². The van der Waals surface area contributed by atoms with Crippen molar-refractivity contribution in [1.82, 2.24) is 10.5 Å². The molecule has 3 aromatic rings. The summed E-state index contributed by atoms with van der Waals surface area (Å²) < 4.78 is 5.42. The lowest BCUT2D eigenvalue weighted by Crippen LogP contribution is -2.31. The van der Waals surface area contributed by atoms with Gasteiger partial charge in [0.25, 0.3) is 5.91 Å². The van der Waals surface area contributed by atoms with Crippen molar-refractivity contribution in [2.75, 3.05) is 5.32 Å². The van der Waals surface area contributed by atoms with Crippen LogP contribution in [0.3, 0.4) is 0 Å². The predicted molar refractivity (Wildman–Crippen MR) is 107 cm³/mol. The van der Waals surface area contributed by atoms with Crippen molar-refractivity contribution in [3.63, 3.8) is 0 Å². The topological polar surface area (TPSA) is 84.2 Å². The summed E-state index contributed by atoms with van der Waals surface area (Å²) in [7, 11) is 0. The van der Waals surface area contributed by atoms with Crippen molar-refractivity contribution >= 4 is 40.1 Å². The number of halogens is 1. The zero-order valence-corrected chi connectivity index (χ0v) is 16.0.